The topological polar surface area (TPSA) is 95.9 Å². The molecule has 1 fully saturated rings. The fraction of sp³-hybridized carbons (Fsp3) is 0.406. The predicted molar refractivity (Wildman–Crippen MR) is 156 cm³/mol. The van der Waals surface area contributed by atoms with Crippen molar-refractivity contribution < 1.29 is 24.2 Å². The zero-order chi connectivity index (χ0) is 28.7. The Labute approximate surface area is 239 Å². The molecule has 1 saturated carbocycles. The van der Waals surface area contributed by atoms with Crippen LogP contribution in [0.1, 0.15) is 70.1 Å². The third kappa shape index (κ3) is 5.58. The standard InChI is InChI=1S/C32H35ClN2O5/c1-31(2,3)19-35-25-14-13-21(33)17-24(25)28(23-12-8-10-20-9-4-5-11-22(20)23)40-26(29(35)37)18-27(36)34-32(30(38)39)15-6-7-16-32/h4-5,8-14,17,26,28H,6-7,15-16,18-19H2,1-3H3,(H,34,36)(H,38,39). The van der Waals surface area contributed by atoms with Crippen molar-refractivity contribution in [3.63, 3.8) is 0 Å². The number of ether oxygens (including phenoxy) is 1. The summed E-state index contributed by atoms with van der Waals surface area (Å²) < 4.78 is 6.61. The maximum absolute atomic E-state index is 14.2. The smallest absolute Gasteiger partial charge is 0.329 e. The average Bonchev–Trinajstić information content (AvgIpc) is 3.35. The Morgan fingerprint density at radius 3 is 2.45 bits per heavy atom. The van der Waals surface area contributed by atoms with Gasteiger partial charge in [0.25, 0.3) is 5.91 Å². The zero-order valence-electron chi connectivity index (χ0n) is 23.1. The number of rotatable bonds is 6. The number of carbonyl (C=O) groups is 3. The van der Waals surface area contributed by atoms with Gasteiger partial charge in [-0.15, -0.1) is 0 Å². The molecule has 1 aliphatic carbocycles. The molecule has 2 unspecified atom stereocenters. The molecule has 0 spiro atoms. The van der Waals surface area contributed by atoms with Gasteiger partial charge in [-0.3, -0.25) is 9.59 Å². The number of nitrogens with one attached hydrogen (secondary N) is 1. The highest BCUT2D eigenvalue weighted by atomic mass is 35.5. The monoisotopic (exact) mass is 562 g/mol. The van der Waals surface area contributed by atoms with Crippen LogP contribution in [0.4, 0.5) is 5.69 Å². The van der Waals surface area contributed by atoms with E-state index in [2.05, 4.69) is 5.32 Å². The lowest BCUT2D eigenvalue weighted by Crippen LogP contribution is -2.54. The summed E-state index contributed by atoms with van der Waals surface area (Å²) in [6.45, 7) is 6.52. The van der Waals surface area contributed by atoms with E-state index in [0.717, 1.165) is 34.7 Å². The lowest BCUT2D eigenvalue weighted by molar-refractivity contribution is -0.148. The van der Waals surface area contributed by atoms with E-state index < -0.39 is 29.6 Å². The number of anilines is 1. The number of hydrogen-bond acceptors (Lipinski definition) is 4. The molecule has 0 bridgehead atoms. The Morgan fingerprint density at radius 2 is 1.75 bits per heavy atom. The summed E-state index contributed by atoms with van der Waals surface area (Å²) in [4.78, 5) is 41.3. The van der Waals surface area contributed by atoms with Gasteiger partial charge in [0.05, 0.1) is 6.42 Å². The minimum atomic E-state index is -1.30. The number of halogens is 1. The van der Waals surface area contributed by atoms with Gasteiger partial charge in [0.15, 0.2) is 0 Å². The van der Waals surface area contributed by atoms with Gasteiger partial charge in [0.1, 0.15) is 17.7 Å². The van der Waals surface area contributed by atoms with E-state index in [9.17, 15) is 19.5 Å². The quantitative estimate of drug-likeness (QED) is 0.369. The number of fused-ring (bicyclic) bond motifs is 2. The number of amides is 2. The second kappa shape index (κ2) is 10.9. The number of hydrogen-bond donors (Lipinski definition) is 2. The number of carboxylic acids is 1. The molecule has 3 aromatic carbocycles. The van der Waals surface area contributed by atoms with Crippen LogP contribution in [0.15, 0.2) is 60.7 Å². The second-order valence-corrected chi connectivity index (χ2v) is 12.5. The van der Waals surface area contributed by atoms with E-state index in [1.165, 1.54) is 0 Å². The predicted octanol–water partition coefficient (Wildman–Crippen LogP) is 6.26. The van der Waals surface area contributed by atoms with Crippen molar-refractivity contribution in [1.29, 1.82) is 0 Å². The Bertz CT molecular complexity index is 1450. The van der Waals surface area contributed by atoms with Gasteiger partial charge in [-0.25, -0.2) is 4.79 Å². The Morgan fingerprint density at radius 1 is 1.05 bits per heavy atom. The minimum Gasteiger partial charge on any atom is -0.480 e. The molecule has 0 radical (unpaired) electrons. The molecule has 1 aliphatic heterocycles. The highest BCUT2D eigenvalue weighted by molar-refractivity contribution is 6.30. The molecular formula is C32H35ClN2O5. The van der Waals surface area contributed by atoms with E-state index in [-0.39, 0.29) is 17.7 Å². The van der Waals surface area contributed by atoms with Crippen molar-refractivity contribution >= 4 is 45.8 Å². The number of benzene rings is 3. The normalized spacial score (nSPS) is 20.7. The lowest BCUT2D eigenvalue weighted by Gasteiger charge is -2.32. The Hall–Kier alpha value is -3.42. The fourth-order valence-electron chi connectivity index (χ4n) is 5.92. The maximum atomic E-state index is 14.2. The second-order valence-electron chi connectivity index (χ2n) is 12.1. The molecule has 2 amide bonds. The van der Waals surface area contributed by atoms with Crippen molar-refractivity contribution in [3.8, 4) is 0 Å². The fourth-order valence-corrected chi connectivity index (χ4v) is 6.10. The molecule has 40 heavy (non-hydrogen) atoms. The molecule has 8 heteroatoms. The van der Waals surface area contributed by atoms with Crippen LogP contribution >= 0.6 is 11.6 Å². The van der Waals surface area contributed by atoms with Gasteiger partial charge < -0.3 is 20.1 Å². The van der Waals surface area contributed by atoms with Gasteiger partial charge in [0.2, 0.25) is 5.91 Å². The van der Waals surface area contributed by atoms with Crippen LogP contribution in [-0.4, -0.2) is 41.1 Å². The summed E-state index contributed by atoms with van der Waals surface area (Å²) in [6.07, 6.45) is 0.0699. The molecule has 2 N–H and O–H groups in total. The van der Waals surface area contributed by atoms with Crippen molar-refractivity contribution in [2.45, 2.75) is 70.6 Å². The number of aliphatic carboxylic acids is 1. The van der Waals surface area contributed by atoms with Gasteiger partial charge >= 0.3 is 5.97 Å². The van der Waals surface area contributed by atoms with E-state index in [0.29, 0.717) is 30.1 Å². The van der Waals surface area contributed by atoms with E-state index in [1.54, 1.807) is 11.0 Å². The summed E-state index contributed by atoms with van der Waals surface area (Å²) in [5, 5.41) is 15.1. The van der Waals surface area contributed by atoms with E-state index in [4.69, 9.17) is 16.3 Å². The first-order chi connectivity index (χ1) is 19.0. The molecule has 0 aromatic heterocycles. The summed E-state index contributed by atoms with van der Waals surface area (Å²) in [5.74, 6) is -1.90. The molecule has 2 aliphatic rings. The Balaban J connectivity index is 1.60. The molecule has 210 valence electrons. The lowest BCUT2D eigenvalue weighted by atomic mass is 9.93. The summed E-state index contributed by atoms with van der Waals surface area (Å²) in [5.41, 5.74) is 0.720. The van der Waals surface area contributed by atoms with Gasteiger partial charge in [-0.2, -0.15) is 0 Å². The maximum Gasteiger partial charge on any atom is 0.329 e. The minimum absolute atomic E-state index is 0.254. The molecule has 5 rings (SSSR count). The first-order valence-corrected chi connectivity index (χ1v) is 14.1. The van der Waals surface area contributed by atoms with Gasteiger partial charge in [-0.05, 0) is 52.8 Å². The summed E-state index contributed by atoms with van der Waals surface area (Å²) >= 11 is 6.50. The SMILES string of the molecule is CC(C)(C)CN1C(=O)C(CC(=O)NC2(C(=O)O)CCCC2)OC(c2cccc3ccccc23)c2cc(Cl)ccc21. The van der Waals surface area contributed by atoms with Crippen LogP contribution in [0, 0.1) is 5.41 Å². The first kappa shape index (κ1) is 28.1. The van der Waals surface area contributed by atoms with Crippen LogP contribution in [0.25, 0.3) is 10.8 Å². The summed E-state index contributed by atoms with van der Waals surface area (Å²) in [7, 11) is 0. The first-order valence-electron chi connectivity index (χ1n) is 13.8. The number of carbonyl (C=O) groups excluding carboxylic acids is 2. The zero-order valence-corrected chi connectivity index (χ0v) is 23.8. The van der Waals surface area contributed by atoms with Crippen LogP contribution in [0.2, 0.25) is 5.02 Å². The van der Waals surface area contributed by atoms with Gasteiger partial charge in [0, 0.05) is 22.8 Å². The number of carboxylic acid groups (broad SMARTS) is 1. The molecular weight excluding hydrogens is 528 g/mol. The molecule has 0 saturated heterocycles. The average molecular weight is 563 g/mol. The van der Waals surface area contributed by atoms with Crippen molar-refractivity contribution in [2.75, 3.05) is 11.4 Å². The highest BCUT2D eigenvalue weighted by Crippen LogP contribution is 2.43. The van der Waals surface area contributed by atoms with E-state index in [1.807, 2.05) is 75.4 Å². The third-order valence-corrected chi connectivity index (χ3v) is 7.99. The third-order valence-electron chi connectivity index (χ3n) is 7.76. The van der Waals surface area contributed by atoms with E-state index >= 15 is 0 Å². The van der Waals surface area contributed by atoms with Crippen molar-refractivity contribution in [2.24, 2.45) is 5.41 Å². The largest absolute Gasteiger partial charge is 0.480 e. The molecule has 1 heterocycles. The molecule has 7 nitrogen and oxygen atoms in total. The summed E-state index contributed by atoms with van der Waals surface area (Å²) in [6, 6.07) is 19.3. The van der Waals surface area contributed by atoms with Gasteiger partial charge in [-0.1, -0.05) is 87.7 Å². The van der Waals surface area contributed by atoms with Crippen molar-refractivity contribution in [3.05, 3.63) is 76.8 Å². The van der Waals surface area contributed by atoms with Crippen molar-refractivity contribution in [1.82, 2.24) is 5.32 Å². The van der Waals surface area contributed by atoms with Crippen LogP contribution < -0.4 is 10.2 Å². The van der Waals surface area contributed by atoms with Crippen LogP contribution in [0.3, 0.4) is 0 Å². The molecule has 2 atom stereocenters. The van der Waals surface area contributed by atoms with Crippen LogP contribution in [-0.2, 0) is 19.1 Å². The van der Waals surface area contributed by atoms with Crippen LogP contribution in [0.5, 0.6) is 0 Å². The molecule has 3 aromatic rings. The highest BCUT2D eigenvalue weighted by Gasteiger charge is 2.44. The number of nitrogens with zero attached hydrogens (tertiary/aromatic N) is 1. The Kier molecular flexibility index (Phi) is 7.64.